The molecule has 0 saturated heterocycles. The van der Waals surface area contributed by atoms with E-state index >= 15 is 0 Å². The van der Waals surface area contributed by atoms with Crippen molar-refractivity contribution < 1.29 is 9.59 Å². The SMILES string of the molecule is CC(C)CN(CCCNC(=O)c1ccc(C=C2Sc3ccccc3N(Cc3cccc(Cl)c3)C2=O)cc1)CC(C)C. The molecule has 0 unspecified atom stereocenters. The summed E-state index contributed by atoms with van der Waals surface area (Å²) in [5.74, 6) is 1.12. The van der Waals surface area contributed by atoms with E-state index in [4.69, 9.17) is 11.6 Å². The smallest absolute Gasteiger partial charge is 0.265 e. The van der Waals surface area contributed by atoms with Gasteiger partial charge in [-0.15, -0.1) is 0 Å². The maximum Gasteiger partial charge on any atom is 0.265 e. The van der Waals surface area contributed by atoms with Crippen LogP contribution in [0, 0.1) is 11.8 Å². The van der Waals surface area contributed by atoms with Crippen LogP contribution in [0.3, 0.4) is 0 Å². The Balaban J connectivity index is 1.39. The Morgan fingerprint density at radius 2 is 1.68 bits per heavy atom. The monoisotopic (exact) mass is 589 g/mol. The number of amides is 2. The van der Waals surface area contributed by atoms with Crippen molar-refractivity contribution in [2.75, 3.05) is 31.1 Å². The fraction of sp³-hybridized carbons (Fsp3) is 0.353. The molecule has 0 bridgehead atoms. The molecular weight excluding hydrogens is 550 g/mol. The van der Waals surface area contributed by atoms with Crippen LogP contribution in [0.4, 0.5) is 5.69 Å². The normalized spacial score (nSPS) is 14.3. The van der Waals surface area contributed by atoms with E-state index in [0.29, 0.717) is 40.4 Å². The molecule has 3 aromatic carbocycles. The van der Waals surface area contributed by atoms with Gasteiger partial charge in [0.1, 0.15) is 0 Å². The lowest BCUT2D eigenvalue weighted by molar-refractivity contribution is -0.114. The number of carbonyl (C=O) groups excluding carboxylic acids is 2. The average Bonchev–Trinajstić information content (AvgIpc) is 2.93. The van der Waals surface area contributed by atoms with E-state index in [1.165, 1.54) is 11.8 Å². The van der Waals surface area contributed by atoms with Crippen LogP contribution >= 0.6 is 23.4 Å². The van der Waals surface area contributed by atoms with Crippen molar-refractivity contribution in [1.29, 1.82) is 0 Å². The van der Waals surface area contributed by atoms with Crippen LogP contribution in [-0.2, 0) is 11.3 Å². The van der Waals surface area contributed by atoms with Crippen molar-refractivity contribution in [3.63, 3.8) is 0 Å². The summed E-state index contributed by atoms with van der Waals surface area (Å²) >= 11 is 7.67. The molecule has 1 heterocycles. The largest absolute Gasteiger partial charge is 0.352 e. The van der Waals surface area contributed by atoms with Gasteiger partial charge in [0.2, 0.25) is 0 Å². The Hall–Kier alpha value is -3.06. The molecule has 0 atom stereocenters. The maximum absolute atomic E-state index is 13.6. The van der Waals surface area contributed by atoms with E-state index < -0.39 is 0 Å². The number of fused-ring (bicyclic) bond motifs is 1. The molecule has 1 aliphatic heterocycles. The first kappa shape index (κ1) is 30.9. The van der Waals surface area contributed by atoms with Crippen LogP contribution in [0.1, 0.15) is 55.6 Å². The third kappa shape index (κ3) is 8.96. The number of carbonyl (C=O) groups is 2. The van der Waals surface area contributed by atoms with Gasteiger partial charge in [-0.2, -0.15) is 0 Å². The fourth-order valence-electron chi connectivity index (χ4n) is 5.02. The number of hydrogen-bond acceptors (Lipinski definition) is 4. The van der Waals surface area contributed by atoms with Crippen molar-refractivity contribution in [2.45, 2.75) is 45.6 Å². The highest BCUT2D eigenvalue weighted by atomic mass is 35.5. The molecular formula is C34H40ClN3O2S. The van der Waals surface area contributed by atoms with Crippen LogP contribution in [0.2, 0.25) is 5.02 Å². The lowest BCUT2D eigenvalue weighted by atomic mass is 10.1. The molecule has 0 aromatic heterocycles. The molecule has 0 fully saturated rings. The van der Waals surface area contributed by atoms with Gasteiger partial charge < -0.3 is 15.1 Å². The topological polar surface area (TPSA) is 52.7 Å². The van der Waals surface area contributed by atoms with E-state index in [0.717, 1.165) is 47.8 Å². The third-order valence-electron chi connectivity index (χ3n) is 6.72. The van der Waals surface area contributed by atoms with E-state index in [9.17, 15) is 9.59 Å². The molecule has 1 aliphatic rings. The average molecular weight is 590 g/mol. The second-order valence-corrected chi connectivity index (χ2v) is 12.9. The van der Waals surface area contributed by atoms with Crippen LogP contribution in [0.5, 0.6) is 0 Å². The van der Waals surface area contributed by atoms with Crippen molar-refractivity contribution >= 4 is 46.9 Å². The molecule has 216 valence electrons. The van der Waals surface area contributed by atoms with Gasteiger partial charge in [-0.1, -0.05) is 87.5 Å². The number of nitrogens with one attached hydrogen (secondary N) is 1. The highest BCUT2D eigenvalue weighted by molar-refractivity contribution is 8.04. The molecule has 0 spiro atoms. The number of halogens is 1. The molecule has 0 radical (unpaired) electrons. The summed E-state index contributed by atoms with van der Waals surface area (Å²) in [6.45, 7) is 13.2. The second-order valence-electron chi connectivity index (χ2n) is 11.4. The first-order valence-corrected chi connectivity index (χ1v) is 15.5. The van der Waals surface area contributed by atoms with Gasteiger partial charge in [0.05, 0.1) is 17.1 Å². The van der Waals surface area contributed by atoms with Crippen LogP contribution in [0.15, 0.2) is 82.6 Å². The zero-order chi connectivity index (χ0) is 29.4. The van der Waals surface area contributed by atoms with Crippen molar-refractivity contribution in [1.82, 2.24) is 10.2 Å². The Bertz CT molecular complexity index is 1360. The summed E-state index contributed by atoms with van der Waals surface area (Å²) in [6.07, 6.45) is 2.81. The van der Waals surface area contributed by atoms with Gasteiger partial charge >= 0.3 is 0 Å². The summed E-state index contributed by atoms with van der Waals surface area (Å²) in [6, 6.07) is 23.0. The molecule has 41 heavy (non-hydrogen) atoms. The predicted octanol–water partition coefficient (Wildman–Crippen LogP) is 7.75. The number of rotatable bonds is 12. The number of nitrogens with zero attached hydrogens (tertiary/aromatic N) is 2. The minimum Gasteiger partial charge on any atom is -0.352 e. The van der Waals surface area contributed by atoms with Gasteiger partial charge in [0, 0.05) is 35.1 Å². The summed E-state index contributed by atoms with van der Waals surface area (Å²) in [7, 11) is 0. The predicted molar refractivity (Wildman–Crippen MR) is 172 cm³/mol. The number of benzene rings is 3. The summed E-state index contributed by atoms with van der Waals surface area (Å²) in [5, 5.41) is 3.70. The van der Waals surface area contributed by atoms with Crippen molar-refractivity contribution in [3.05, 3.63) is 99.4 Å². The van der Waals surface area contributed by atoms with Gasteiger partial charge in [0.15, 0.2) is 0 Å². The summed E-state index contributed by atoms with van der Waals surface area (Å²) in [4.78, 5) is 32.3. The Labute approximate surface area is 254 Å². The minimum absolute atomic E-state index is 0.0560. The van der Waals surface area contributed by atoms with Gasteiger partial charge in [0.25, 0.3) is 11.8 Å². The quantitative estimate of drug-likeness (QED) is 0.173. The second kappa shape index (κ2) is 14.7. The molecule has 5 nitrogen and oxygen atoms in total. The van der Waals surface area contributed by atoms with Gasteiger partial charge in [-0.05, 0) is 78.4 Å². The number of para-hydroxylation sites is 1. The van der Waals surface area contributed by atoms with Crippen molar-refractivity contribution in [2.24, 2.45) is 11.8 Å². The maximum atomic E-state index is 13.6. The van der Waals surface area contributed by atoms with Crippen LogP contribution in [0.25, 0.3) is 6.08 Å². The lowest BCUT2D eigenvalue weighted by Crippen LogP contribution is -2.34. The number of anilines is 1. The number of hydrogen-bond donors (Lipinski definition) is 1. The first-order chi connectivity index (χ1) is 19.7. The highest BCUT2D eigenvalue weighted by Gasteiger charge is 2.29. The van der Waals surface area contributed by atoms with Crippen molar-refractivity contribution in [3.8, 4) is 0 Å². The molecule has 7 heteroatoms. The third-order valence-corrected chi connectivity index (χ3v) is 8.03. The van der Waals surface area contributed by atoms with Gasteiger partial charge in [-0.25, -0.2) is 0 Å². The fourth-order valence-corrected chi connectivity index (χ4v) is 6.29. The minimum atomic E-state index is -0.0757. The molecule has 4 rings (SSSR count). The zero-order valence-corrected chi connectivity index (χ0v) is 26.0. The Kier molecular flexibility index (Phi) is 11.1. The van der Waals surface area contributed by atoms with E-state index in [1.54, 1.807) is 4.90 Å². The zero-order valence-electron chi connectivity index (χ0n) is 24.4. The highest BCUT2D eigenvalue weighted by Crippen LogP contribution is 2.42. The molecule has 1 N–H and O–H groups in total. The standard InChI is InChI=1S/C34H40ClN3O2S/c1-24(2)21-37(22-25(3)4)18-8-17-36-33(39)28-15-13-26(14-16-28)20-32-34(40)38(23-27-9-7-10-29(35)19-27)30-11-5-6-12-31(30)41-32/h5-7,9-16,19-20,24-25H,8,17-18,21-23H2,1-4H3,(H,36,39). The Morgan fingerprint density at radius 1 is 0.976 bits per heavy atom. The molecule has 3 aromatic rings. The van der Waals surface area contributed by atoms with Crippen LogP contribution < -0.4 is 10.2 Å². The van der Waals surface area contributed by atoms with Gasteiger partial charge in [-0.3, -0.25) is 9.59 Å². The summed E-state index contributed by atoms with van der Waals surface area (Å²) < 4.78 is 0. The van der Waals surface area contributed by atoms with Crippen LogP contribution in [-0.4, -0.2) is 42.9 Å². The lowest BCUT2D eigenvalue weighted by Gasteiger charge is -2.30. The summed E-state index contributed by atoms with van der Waals surface area (Å²) in [5.41, 5.74) is 3.35. The molecule has 0 aliphatic carbocycles. The van der Waals surface area contributed by atoms with E-state index in [2.05, 4.69) is 37.9 Å². The molecule has 2 amide bonds. The molecule has 0 saturated carbocycles. The number of thioether (sulfide) groups is 1. The van der Waals surface area contributed by atoms with E-state index in [-0.39, 0.29) is 11.8 Å². The van der Waals surface area contributed by atoms with E-state index in [1.807, 2.05) is 78.9 Å². The Morgan fingerprint density at radius 3 is 2.37 bits per heavy atom. The first-order valence-electron chi connectivity index (χ1n) is 14.3.